The Morgan fingerprint density at radius 2 is 1.96 bits per heavy atom. The van der Waals surface area contributed by atoms with Crippen molar-refractivity contribution in [2.45, 2.75) is 51.4 Å². The maximum Gasteiger partial charge on any atom is 0.191 e. The Morgan fingerprint density at radius 3 is 2.56 bits per heavy atom. The molecule has 0 radical (unpaired) electrons. The molecule has 5 nitrogen and oxygen atoms in total. The first-order valence-electron chi connectivity index (χ1n) is 9.95. The van der Waals surface area contributed by atoms with E-state index in [9.17, 15) is 5.11 Å². The van der Waals surface area contributed by atoms with Crippen molar-refractivity contribution in [3.05, 3.63) is 29.8 Å². The van der Waals surface area contributed by atoms with Crippen LogP contribution in [0.25, 0.3) is 0 Å². The minimum absolute atomic E-state index is 0. The summed E-state index contributed by atoms with van der Waals surface area (Å²) in [5, 5.41) is 16.1. The van der Waals surface area contributed by atoms with E-state index in [2.05, 4.69) is 36.6 Å². The lowest BCUT2D eigenvalue weighted by atomic mass is 9.95. The predicted molar refractivity (Wildman–Crippen MR) is 123 cm³/mol. The highest BCUT2D eigenvalue weighted by Gasteiger charge is 2.46. The third kappa shape index (κ3) is 7.14. The fraction of sp³-hybridized carbons (Fsp3) is 0.667. The molecular weight excluding hydrogens is 453 g/mol. The van der Waals surface area contributed by atoms with Gasteiger partial charge in [-0.1, -0.05) is 31.5 Å². The molecule has 1 aliphatic rings. The number of methoxy groups -OCH3 is 1. The van der Waals surface area contributed by atoms with Gasteiger partial charge in [0.25, 0.3) is 0 Å². The number of hydrogen-bond acceptors (Lipinski definition) is 3. The highest BCUT2D eigenvalue weighted by molar-refractivity contribution is 14.0. The second-order valence-corrected chi connectivity index (χ2v) is 7.22. The van der Waals surface area contributed by atoms with Gasteiger partial charge < -0.3 is 20.5 Å². The molecule has 0 aromatic heterocycles. The summed E-state index contributed by atoms with van der Waals surface area (Å²) in [6.07, 6.45) is 5.40. The zero-order valence-corrected chi connectivity index (χ0v) is 19.3. The van der Waals surface area contributed by atoms with E-state index < -0.39 is 0 Å². The summed E-state index contributed by atoms with van der Waals surface area (Å²) < 4.78 is 5.56. The number of rotatable bonds is 11. The van der Waals surface area contributed by atoms with Gasteiger partial charge in [-0.25, -0.2) is 0 Å². The quantitative estimate of drug-likeness (QED) is 0.252. The Hall–Kier alpha value is -1.02. The zero-order chi connectivity index (χ0) is 18.8. The highest BCUT2D eigenvalue weighted by atomic mass is 127. The summed E-state index contributed by atoms with van der Waals surface area (Å²) >= 11 is 0. The van der Waals surface area contributed by atoms with Gasteiger partial charge in [0.1, 0.15) is 5.75 Å². The highest BCUT2D eigenvalue weighted by Crippen LogP contribution is 2.51. The molecule has 0 spiro atoms. The second kappa shape index (κ2) is 12.4. The summed E-state index contributed by atoms with van der Waals surface area (Å²) in [6, 6.07) is 8.30. The number of halogens is 1. The molecule has 1 atom stereocenters. The molecule has 0 saturated heterocycles. The molecule has 1 aliphatic carbocycles. The van der Waals surface area contributed by atoms with E-state index in [1.54, 1.807) is 7.11 Å². The van der Waals surface area contributed by atoms with Crippen LogP contribution in [-0.2, 0) is 5.41 Å². The van der Waals surface area contributed by atoms with E-state index >= 15 is 0 Å². The van der Waals surface area contributed by atoms with Crippen molar-refractivity contribution in [3.8, 4) is 5.75 Å². The lowest BCUT2D eigenvalue weighted by Gasteiger charge is -2.20. The van der Waals surface area contributed by atoms with Gasteiger partial charge in [-0.3, -0.25) is 4.99 Å². The van der Waals surface area contributed by atoms with Crippen molar-refractivity contribution in [1.82, 2.24) is 10.6 Å². The van der Waals surface area contributed by atoms with E-state index in [0.717, 1.165) is 63.4 Å². The van der Waals surface area contributed by atoms with E-state index in [0.29, 0.717) is 5.92 Å². The number of aliphatic hydroxyl groups excluding tert-OH is 1. The van der Waals surface area contributed by atoms with Crippen LogP contribution in [0.4, 0.5) is 0 Å². The van der Waals surface area contributed by atoms with Crippen LogP contribution >= 0.6 is 24.0 Å². The van der Waals surface area contributed by atoms with Crippen molar-refractivity contribution in [1.29, 1.82) is 0 Å². The normalized spacial score (nSPS) is 16.2. The van der Waals surface area contributed by atoms with Crippen LogP contribution in [-0.4, -0.2) is 44.4 Å². The molecule has 0 aliphatic heterocycles. The molecule has 1 aromatic rings. The maximum atomic E-state index is 9.24. The average Bonchev–Trinajstić information content (AvgIpc) is 3.45. The van der Waals surface area contributed by atoms with Crippen molar-refractivity contribution in [2.75, 3.05) is 33.4 Å². The first kappa shape index (κ1) is 24.0. The number of aliphatic imine (C=N–C) groups is 1. The number of para-hydroxylation sites is 1. The molecule has 0 heterocycles. The SMILES string of the molecule is CCCC(CCO)CNC(=NCC1(c2ccccc2OC)CC1)NCC.I. The number of ether oxygens (including phenoxy) is 1. The standard InChI is InChI=1S/C21H35N3O2.HI/c1-4-8-17(11-14-25)15-23-20(22-5-2)24-16-21(12-13-21)18-9-6-7-10-19(18)26-3;/h6-7,9-10,17,25H,4-5,8,11-16H2,1-3H3,(H2,22,23,24);1H. The van der Waals surface area contributed by atoms with Crippen LogP contribution < -0.4 is 15.4 Å². The molecule has 154 valence electrons. The third-order valence-corrected chi connectivity index (χ3v) is 5.21. The van der Waals surface area contributed by atoms with Crippen molar-refractivity contribution >= 4 is 29.9 Å². The molecular formula is C21H36IN3O2. The molecule has 3 N–H and O–H groups in total. The summed E-state index contributed by atoms with van der Waals surface area (Å²) in [7, 11) is 1.73. The van der Waals surface area contributed by atoms with Crippen LogP contribution in [0.2, 0.25) is 0 Å². The summed E-state index contributed by atoms with van der Waals surface area (Å²) in [5.41, 5.74) is 1.38. The minimum atomic E-state index is 0. The number of nitrogens with one attached hydrogen (secondary N) is 2. The Bertz CT molecular complexity index is 570. The smallest absolute Gasteiger partial charge is 0.191 e. The predicted octanol–water partition coefficient (Wildman–Crippen LogP) is 3.70. The molecule has 27 heavy (non-hydrogen) atoms. The molecule has 0 amide bonds. The summed E-state index contributed by atoms with van der Waals surface area (Å²) in [4.78, 5) is 4.87. The van der Waals surface area contributed by atoms with E-state index in [4.69, 9.17) is 9.73 Å². The van der Waals surface area contributed by atoms with E-state index in [-0.39, 0.29) is 36.0 Å². The first-order chi connectivity index (χ1) is 12.7. The summed E-state index contributed by atoms with van der Waals surface area (Å²) in [6.45, 7) is 6.97. The van der Waals surface area contributed by atoms with Crippen LogP contribution in [0.3, 0.4) is 0 Å². The summed E-state index contributed by atoms with van der Waals surface area (Å²) in [5.74, 6) is 2.31. The van der Waals surface area contributed by atoms with Gasteiger partial charge in [0, 0.05) is 30.7 Å². The fourth-order valence-electron chi connectivity index (χ4n) is 3.50. The minimum Gasteiger partial charge on any atom is -0.496 e. The lowest BCUT2D eigenvalue weighted by molar-refractivity contribution is 0.251. The van der Waals surface area contributed by atoms with Gasteiger partial charge in [-0.15, -0.1) is 24.0 Å². The molecule has 0 bridgehead atoms. The fourth-order valence-corrected chi connectivity index (χ4v) is 3.50. The maximum absolute atomic E-state index is 9.24. The number of aliphatic hydroxyl groups is 1. The van der Waals surface area contributed by atoms with Crippen LogP contribution in [0.15, 0.2) is 29.3 Å². The average molecular weight is 489 g/mol. The molecule has 1 fully saturated rings. The molecule has 1 aromatic carbocycles. The van der Waals surface area contributed by atoms with Gasteiger partial charge in [0.15, 0.2) is 5.96 Å². The third-order valence-electron chi connectivity index (χ3n) is 5.21. The molecule has 6 heteroatoms. The van der Waals surface area contributed by atoms with Gasteiger partial charge in [-0.05, 0) is 44.6 Å². The molecule has 1 saturated carbocycles. The largest absolute Gasteiger partial charge is 0.496 e. The number of nitrogens with zero attached hydrogens (tertiary/aromatic N) is 1. The Kier molecular flexibility index (Phi) is 11.1. The van der Waals surface area contributed by atoms with Crippen LogP contribution in [0.5, 0.6) is 5.75 Å². The second-order valence-electron chi connectivity index (χ2n) is 7.22. The van der Waals surface area contributed by atoms with Crippen molar-refractivity contribution in [2.24, 2.45) is 10.9 Å². The Balaban J connectivity index is 0.00000364. The first-order valence-corrected chi connectivity index (χ1v) is 9.95. The van der Waals surface area contributed by atoms with Gasteiger partial charge in [-0.2, -0.15) is 0 Å². The van der Waals surface area contributed by atoms with Crippen molar-refractivity contribution in [3.63, 3.8) is 0 Å². The number of guanidine groups is 1. The van der Waals surface area contributed by atoms with Gasteiger partial charge >= 0.3 is 0 Å². The monoisotopic (exact) mass is 489 g/mol. The van der Waals surface area contributed by atoms with E-state index in [1.807, 2.05) is 12.1 Å². The number of hydrogen-bond donors (Lipinski definition) is 3. The zero-order valence-electron chi connectivity index (χ0n) is 17.0. The van der Waals surface area contributed by atoms with Gasteiger partial charge in [0.05, 0.1) is 13.7 Å². The van der Waals surface area contributed by atoms with Crippen molar-refractivity contribution < 1.29 is 9.84 Å². The van der Waals surface area contributed by atoms with Gasteiger partial charge in [0.2, 0.25) is 0 Å². The lowest BCUT2D eigenvalue weighted by Crippen LogP contribution is -2.40. The van der Waals surface area contributed by atoms with E-state index in [1.165, 1.54) is 5.56 Å². The molecule has 1 unspecified atom stereocenters. The Labute approximate surface area is 181 Å². The van der Waals surface area contributed by atoms with Crippen LogP contribution in [0.1, 0.15) is 51.5 Å². The topological polar surface area (TPSA) is 65.9 Å². The molecule has 2 rings (SSSR count). The van der Waals surface area contributed by atoms with Crippen LogP contribution in [0, 0.1) is 5.92 Å². The Morgan fingerprint density at radius 1 is 1.22 bits per heavy atom. The number of benzene rings is 1.